The second-order valence-electron chi connectivity index (χ2n) is 2.26. The van der Waals surface area contributed by atoms with Crippen LogP contribution in [-0.2, 0) is 0 Å². The van der Waals surface area contributed by atoms with Gasteiger partial charge in [0.15, 0.2) is 0 Å². The third-order valence-corrected chi connectivity index (χ3v) is 2.08. The zero-order valence-electron chi connectivity index (χ0n) is 6.07. The van der Waals surface area contributed by atoms with E-state index in [0.29, 0.717) is 0 Å². The zero-order valence-corrected chi connectivity index (χ0v) is 10.3. The Balaban J connectivity index is 2.72. The molecule has 0 unspecified atom stereocenters. The minimum absolute atomic E-state index is 0.833. The standard InChI is InChI=1S/C5H16GeN2/c1-8(2)5-3-4-7-6/h7H,3-5H2,1-2,6H3. The topological polar surface area (TPSA) is 15.3 Å². The predicted molar refractivity (Wildman–Crippen MR) is 41.1 cm³/mol. The number of hydrogen-bond acceptors (Lipinski definition) is 2. The second-order valence-corrected chi connectivity index (χ2v) is 3.74. The van der Waals surface area contributed by atoms with Gasteiger partial charge in [-0.1, -0.05) is 0 Å². The minimum atomic E-state index is 0.833. The Morgan fingerprint density at radius 3 is 2.50 bits per heavy atom. The van der Waals surface area contributed by atoms with Crippen molar-refractivity contribution >= 4 is 16.7 Å². The van der Waals surface area contributed by atoms with E-state index in [1.54, 1.807) is 0 Å². The van der Waals surface area contributed by atoms with Crippen LogP contribution in [-0.4, -0.2) is 48.8 Å². The van der Waals surface area contributed by atoms with Gasteiger partial charge in [-0.2, -0.15) is 0 Å². The van der Waals surface area contributed by atoms with Crippen LogP contribution < -0.4 is 4.27 Å². The Bertz CT molecular complexity index is 47.7. The van der Waals surface area contributed by atoms with E-state index in [9.17, 15) is 0 Å². The van der Waals surface area contributed by atoms with Gasteiger partial charge in [0.05, 0.1) is 0 Å². The van der Waals surface area contributed by atoms with Crippen LogP contribution in [0.1, 0.15) is 6.42 Å². The van der Waals surface area contributed by atoms with Gasteiger partial charge >= 0.3 is 59.5 Å². The molecule has 3 heteroatoms. The van der Waals surface area contributed by atoms with E-state index in [1.807, 2.05) is 0 Å². The number of rotatable bonds is 4. The zero-order chi connectivity index (χ0) is 6.41. The molecule has 0 aromatic heterocycles. The molecule has 0 aromatic carbocycles. The van der Waals surface area contributed by atoms with E-state index in [1.165, 1.54) is 19.5 Å². The first-order chi connectivity index (χ1) is 3.77. The molecule has 2 nitrogen and oxygen atoms in total. The predicted octanol–water partition coefficient (Wildman–Crippen LogP) is -1.19. The van der Waals surface area contributed by atoms with Crippen LogP contribution in [0.25, 0.3) is 0 Å². The molecule has 0 bridgehead atoms. The van der Waals surface area contributed by atoms with Gasteiger partial charge < -0.3 is 0 Å². The van der Waals surface area contributed by atoms with Crippen LogP contribution in [0.4, 0.5) is 0 Å². The molecule has 0 fully saturated rings. The van der Waals surface area contributed by atoms with Crippen molar-refractivity contribution in [3.8, 4) is 0 Å². The third kappa shape index (κ3) is 6.46. The maximum absolute atomic E-state index is 3.28. The molecule has 0 spiro atoms. The van der Waals surface area contributed by atoms with Crippen molar-refractivity contribution in [2.75, 3.05) is 27.2 Å². The van der Waals surface area contributed by atoms with Crippen molar-refractivity contribution in [3.05, 3.63) is 0 Å². The monoisotopic (exact) mass is 178 g/mol. The van der Waals surface area contributed by atoms with E-state index in [0.717, 1.165) is 16.7 Å². The molecule has 0 aromatic rings. The SMILES string of the molecule is CN(C)CCC[NH][GeH3]. The molecule has 0 heterocycles. The fourth-order valence-electron chi connectivity index (χ4n) is 0.572. The van der Waals surface area contributed by atoms with Crippen molar-refractivity contribution in [2.24, 2.45) is 0 Å². The molecule has 1 N–H and O–H groups in total. The van der Waals surface area contributed by atoms with Gasteiger partial charge in [0, 0.05) is 0 Å². The Kier molecular flexibility index (Phi) is 5.92. The van der Waals surface area contributed by atoms with Gasteiger partial charge in [-0.05, 0) is 0 Å². The first kappa shape index (κ1) is 8.46. The molecule has 0 amide bonds. The van der Waals surface area contributed by atoms with E-state index in [4.69, 9.17) is 0 Å². The van der Waals surface area contributed by atoms with Gasteiger partial charge in [-0.15, -0.1) is 0 Å². The molecule has 50 valence electrons. The first-order valence-electron chi connectivity index (χ1n) is 3.06. The second kappa shape index (κ2) is 5.60. The Morgan fingerprint density at radius 2 is 2.12 bits per heavy atom. The molecule has 0 aliphatic heterocycles. The van der Waals surface area contributed by atoms with Gasteiger partial charge in [0.1, 0.15) is 0 Å². The van der Waals surface area contributed by atoms with Crippen molar-refractivity contribution in [2.45, 2.75) is 6.42 Å². The van der Waals surface area contributed by atoms with Crippen LogP contribution in [0.3, 0.4) is 0 Å². The molecule has 0 saturated carbocycles. The van der Waals surface area contributed by atoms with Crippen LogP contribution in [0.5, 0.6) is 0 Å². The molecule has 0 rings (SSSR count). The molecule has 0 aliphatic carbocycles. The van der Waals surface area contributed by atoms with Crippen LogP contribution in [0.2, 0.25) is 0 Å². The average molecular weight is 177 g/mol. The van der Waals surface area contributed by atoms with E-state index < -0.39 is 0 Å². The third-order valence-electron chi connectivity index (χ3n) is 1.03. The summed E-state index contributed by atoms with van der Waals surface area (Å²) in [6.45, 7) is 2.42. The molecule has 0 radical (unpaired) electrons. The van der Waals surface area contributed by atoms with E-state index >= 15 is 0 Å². The summed E-state index contributed by atoms with van der Waals surface area (Å²) in [5, 5.41) is 0. The fourth-order valence-corrected chi connectivity index (χ4v) is 1.31. The van der Waals surface area contributed by atoms with Crippen LogP contribution >= 0.6 is 0 Å². The fraction of sp³-hybridized carbons (Fsp3) is 1.00. The van der Waals surface area contributed by atoms with Gasteiger partial charge in [-0.3, -0.25) is 0 Å². The van der Waals surface area contributed by atoms with Crippen molar-refractivity contribution in [3.63, 3.8) is 0 Å². The molecular formula is C5H16GeN2. The van der Waals surface area contributed by atoms with E-state index in [2.05, 4.69) is 23.3 Å². The molecule has 0 aliphatic rings. The summed E-state index contributed by atoms with van der Waals surface area (Å²) in [6, 6.07) is 0. The quantitative estimate of drug-likeness (QED) is 0.428. The average Bonchev–Trinajstić information content (AvgIpc) is 1.66. The number of hydrogen-bond donors (Lipinski definition) is 1. The summed E-state index contributed by atoms with van der Waals surface area (Å²) in [5.74, 6) is 0. The van der Waals surface area contributed by atoms with E-state index in [-0.39, 0.29) is 0 Å². The maximum atomic E-state index is 3.28. The summed E-state index contributed by atoms with van der Waals surface area (Å²) in [5.41, 5.74) is 0. The Hall–Kier alpha value is 0.463. The number of nitrogens with one attached hydrogen (secondary N) is 1. The summed E-state index contributed by atoms with van der Waals surface area (Å²) >= 11 is 0.833. The van der Waals surface area contributed by atoms with Crippen LogP contribution in [0.15, 0.2) is 0 Å². The summed E-state index contributed by atoms with van der Waals surface area (Å²) in [4.78, 5) is 2.21. The summed E-state index contributed by atoms with van der Waals surface area (Å²) < 4.78 is 3.28. The summed E-state index contributed by atoms with van der Waals surface area (Å²) in [7, 11) is 4.22. The number of nitrogens with zero attached hydrogens (tertiary/aromatic N) is 1. The first-order valence-corrected chi connectivity index (χ1v) is 5.16. The molecule has 0 atom stereocenters. The van der Waals surface area contributed by atoms with Gasteiger partial charge in [0.25, 0.3) is 0 Å². The Labute approximate surface area is 60.1 Å². The Morgan fingerprint density at radius 1 is 1.50 bits per heavy atom. The van der Waals surface area contributed by atoms with Crippen LogP contribution in [0, 0.1) is 0 Å². The van der Waals surface area contributed by atoms with Crippen molar-refractivity contribution < 1.29 is 0 Å². The normalized spacial score (nSPS) is 10.9. The van der Waals surface area contributed by atoms with Crippen molar-refractivity contribution in [1.82, 2.24) is 9.17 Å². The van der Waals surface area contributed by atoms with Crippen molar-refractivity contribution in [1.29, 1.82) is 0 Å². The molecule has 0 saturated heterocycles. The molecule has 8 heavy (non-hydrogen) atoms. The van der Waals surface area contributed by atoms with Gasteiger partial charge in [0.2, 0.25) is 0 Å². The molecular weight excluding hydrogens is 161 g/mol. The van der Waals surface area contributed by atoms with Gasteiger partial charge in [-0.25, -0.2) is 0 Å². The summed E-state index contributed by atoms with van der Waals surface area (Å²) in [6.07, 6.45) is 1.29.